The molecule has 6 heteroatoms. The second kappa shape index (κ2) is 5.88. The van der Waals surface area contributed by atoms with E-state index in [1.165, 1.54) is 11.5 Å². The zero-order valence-corrected chi connectivity index (χ0v) is 10.4. The van der Waals surface area contributed by atoms with Gasteiger partial charge >= 0.3 is 0 Å². The standard InChI is InChI=1S/C11H16N4OS/c12-11(14-16)10-7-9(1-2-13-10)8-15-3-5-17-6-4-15/h1-2,7,16H,3-6,8H2,(H2,12,14). The van der Waals surface area contributed by atoms with Crippen molar-refractivity contribution in [2.75, 3.05) is 24.6 Å². The maximum absolute atomic E-state index is 8.61. The molecule has 0 saturated carbocycles. The van der Waals surface area contributed by atoms with Crippen molar-refractivity contribution >= 4 is 17.6 Å². The van der Waals surface area contributed by atoms with Gasteiger partial charge in [0.25, 0.3) is 0 Å². The summed E-state index contributed by atoms with van der Waals surface area (Å²) < 4.78 is 0. The Kier molecular flexibility index (Phi) is 4.22. The topological polar surface area (TPSA) is 74.7 Å². The molecule has 2 heterocycles. The maximum atomic E-state index is 8.61. The molecule has 0 aliphatic carbocycles. The van der Waals surface area contributed by atoms with Crippen LogP contribution in [0.2, 0.25) is 0 Å². The lowest BCUT2D eigenvalue weighted by Gasteiger charge is -2.26. The first-order valence-electron chi connectivity index (χ1n) is 5.52. The molecule has 2 rings (SSSR count). The molecule has 5 nitrogen and oxygen atoms in total. The number of nitrogens with zero attached hydrogens (tertiary/aromatic N) is 3. The normalized spacial score (nSPS) is 18.2. The number of amidine groups is 1. The van der Waals surface area contributed by atoms with Crippen molar-refractivity contribution in [1.82, 2.24) is 9.88 Å². The van der Waals surface area contributed by atoms with Gasteiger partial charge in [-0.05, 0) is 17.7 Å². The van der Waals surface area contributed by atoms with Gasteiger partial charge in [0.2, 0.25) is 0 Å². The smallest absolute Gasteiger partial charge is 0.188 e. The second-order valence-electron chi connectivity index (χ2n) is 3.92. The highest BCUT2D eigenvalue weighted by atomic mass is 32.2. The molecule has 0 atom stereocenters. The van der Waals surface area contributed by atoms with Crippen LogP contribution in [0, 0.1) is 0 Å². The summed E-state index contributed by atoms with van der Waals surface area (Å²) in [5, 5.41) is 11.6. The highest BCUT2D eigenvalue weighted by Gasteiger charge is 2.11. The number of hydrogen-bond donors (Lipinski definition) is 2. The maximum Gasteiger partial charge on any atom is 0.188 e. The molecule has 92 valence electrons. The largest absolute Gasteiger partial charge is 0.409 e. The van der Waals surface area contributed by atoms with Gasteiger partial charge in [-0.25, -0.2) is 0 Å². The summed E-state index contributed by atoms with van der Waals surface area (Å²) in [6.07, 6.45) is 1.70. The molecule has 1 saturated heterocycles. The molecule has 1 aromatic heterocycles. The summed E-state index contributed by atoms with van der Waals surface area (Å²) >= 11 is 1.99. The molecular weight excluding hydrogens is 236 g/mol. The monoisotopic (exact) mass is 252 g/mol. The molecular formula is C11H16N4OS. The van der Waals surface area contributed by atoms with Gasteiger partial charge in [-0.2, -0.15) is 11.8 Å². The number of rotatable bonds is 3. The predicted molar refractivity (Wildman–Crippen MR) is 69.3 cm³/mol. The molecule has 0 unspecified atom stereocenters. The van der Waals surface area contributed by atoms with E-state index in [9.17, 15) is 0 Å². The van der Waals surface area contributed by atoms with Crippen molar-refractivity contribution in [2.45, 2.75) is 6.54 Å². The van der Waals surface area contributed by atoms with E-state index < -0.39 is 0 Å². The fourth-order valence-corrected chi connectivity index (χ4v) is 2.76. The van der Waals surface area contributed by atoms with Crippen LogP contribution in [0.25, 0.3) is 0 Å². The number of nitrogens with two attached hydrogens (primary N) is 1. The highest BCUT2D eigenvalue weighted by molar-refractivity contribution is 7.99. The van der Waals surface area contributed by atoms with Crippen LogP contribution < -0.4 is 5.73 Å². The van der Waals surface area contributed by atoms with E-state index in [1.54, 1.807) is 6.20 Å². The van der Waals surface area contributed by atoms with Crippen LogP contribution in [-0.2, 0) is 6.54 Å². The molecule has 1 aliphatic rings. The third-order valence-corrected chi connectivity index (χ3v) is 3.65. The van der Waals surface area contributed by atoms with Gasteiger partial charge in [0, 0.05) is 37.3 Å². The predicted octanol–water partition coefficient (Wildman–Crippen LogP) is 0.725. The van der Waals surface area contributed by atoms with E-state index in [-0.39, 0.29) is 5.84 Å². The third kappa shape index (κ3) is 3.34. The Bertz CT molecular complexity index is 404. The second-order valence-corrected chi connectivity index (χ2v) is 5.15. The van der Waals surface area contributed by atoms with Gasteiger partial charge in [0.05, 0.1) is 0 Å². The average Bonchev–Trinajstić information content (AvgIpc) is 2.39. The van der Waals surface area contributed by atoms with E-state index in [2.05, 4.69) is 15.0 Å². The quantitative estimate of drug-likeness (QED) is 0.359. The molecule has 0 radical (unpaired) electrons. The highest BCUT2D eigenvalue weighted by Crippen LogP contribution is 2.13. The minimum atomic E-state index is 0.0565. The SMILES string of the molecule is NC(=NO)c1cc(CN2CCSCC2)ccn1. The van der Waals surface area contributed by atoms with Crippen molar-refractivity contribution in [1.29, 1.82) is 0 Å². The first kappa shape index (κ1) is 12.2. The van der Waals surface area contributed by atoms with Gasteiger partial charge < -0.3 is 10.9 Å². The summed E-state index contributed by atoms with van der Waals surface area (Å²) in [5.74, 6) is 2.44. The van der Waals surface area contributed by atoms with E-state index in [0.29, 0.717) is 5.69 Å². The molecule has 1 aliphatic heterocycles. The summed E-state index contributed by atoms with van der Waals surface area (Å²) in [7, 11) is 0. The fourth-order valence-electron chi connectivity index (χ4n) is 1.78. The van der Waals surface area contributed by atoms with Crippen molar-refractivity contribution in [3.05, 3.63) is 29.6 Å². The Morgan fingerprint density at radius 1 is 1.53 bits per heavy atom. The number of oxime groups is 1. The molecule has 3 N–H and O–H groups in total. The van der Waals surface area contributed by atoms with Crippen LogP contribution in [0.5, 0.6) is 0 Å². The summed E-state index contributed by atoms with van der Waals surface area (Å²) in [6, 6.07) is 3.84. The summed E-state index contributed by atoms with van der Waals surface area (Å²) in [5.41, 5.74) is 7.19. The van der Waals surface area contributed by atoms with Crippen LogP contribution >= 0.6 is 11.8 Å². The average molecular weight is 252 g/mol. The van der Waals surface area contributed by atoms with E-state index in [4.69, 9.17) is 10.9 Å². The molecule has 0 spiro atoms. The third-order valence-electron chi connectivity index (χ3n) is 2.70. The molecule has 0 amide bonds. The molecule has 0 bridgehead atoms. The van der Waals surface area contributed by atoms with Crippen molar-refractivity contribution in [2.24, 2.45) is 10.9 Å². The van der Waals surface area contributed by atoms with E-state index in [1.807, 2.05) is 23.9 Å². The lowest BCUT2D eigenvalue weighted by molar-refractivity contribution is 0.294. The Morgan fingerprint density at radius 2 is 2.29 bits per heavy atom. The van der Waals surface area contributed by atoms with E-state index >= 15 is 0 Å². The number of pyridine rings is 1. The lowest BCUT2D eigenvalue weighted by Crippen LogP contribution is -2.32. The van der Waals surface area contributed by atoms with Gasteiger partial charge in [-0.15, -0.1) is 0 Å². The molecule has 0 aromatic carbocycles. The fraction of sp³-hybridized carbons (Fsp3) is 0.455. The van der Waals surface area contributed by atoms with Crippen LogP contribution in [0.4, 0.5) is 0 Å². The van der Waals surface area contributed by atoms with E-state index in [0.717, 1.165) is 25.2 Å². The van der Waals surface area contributed by atoms with Gasteiger partial charge in [-0.1, -0.05) is 5.16 Å². The molecule has 1 aromatic rings. The zero-order chi connectivity index (χ0) is 12.1. The first-order valence-corrected chi connectivity index (χ1v) is 6.68. The lowest BCUT2D eigenvalue weighted by atomic mass is 10.2. The Labute approximate surface area is 105 Å². The van der Waals surface area contributed by atoms with Gasteiger partial charge in [0.1, 0.15) is 5.69 Å². The van der Waals surface area contributed by atoms with Crippen molar-refractivity contribution in [3.63, 3.8) is 0 Å². The Balaban J connectivity index is 2.05. The van der Waals surface area contributed by atoms with Crippen LogP contribution in [0.15, 0.2) is 23.5 Å². The molecule has 1 fully saturated rings. The zero-order valence-electron chi connectivity index (χ0n) is 9.54. The minimum Gasteiger partial charge on any atom is -0.409 e. The van der Waals surface area contributed by atoms with Crippen LogP contribution in [0.1, 0.15) is 11.3 Å². The Hall–Kier alpha value is -1.27. The number of hydrogen-bond acceptors (Lipinski definition) is 5. The first-order chi connectivity index (χ1) is 8.29. The van der Waals surface area contributed by atoms with Crippen LogP contribution in [-0.4, -0.2) is 45.5 Å². The van der Waals surface area contributed by atoms with Gasteiger partial charge in [0.15, 0.2) is 5.84 Å². The van der Waals surface area contributed by atoms with Gasteiger partial charge in [-0.3, -0.25) is 9.88 Å². The summed E-state index contributed by atoms with van der Waals surface area (Å²) in [6.45, 7) is 3.13. The van der Waals surface area contributed by atoms with Crippen LogP contribution in [0.3, 0.4) is 0 Å². The number of aromatic nitrogens is 1. The number of thioether (sulfide) groups is 1. The summed E-state index contributed by atoms with van der Waals surface area (Å²) in [4.78, 5) is 6.47. The minimum absolute atomic E-state index is 0.0565. The molecule has 17 heavy (non-hydrogen) atoms. The van der Waals surface area contributed by atoms with Crippen molar-refractivity contribution in [3.8, 4) is 0 Å². The van der Waals surface area contributed by atoms with Crippen molar-refractivity contribution < 1.29 is 5.21 Å². The Morgan fingerprint density at radius 3 is 3.00 bits per heavy atom.